The van der Waals surface area contributed by atoms with Crippen LogP contribution in [0.1, 0.15) is 12.8 Å². The van der Waals surface area contributed by atoms with Crippen LogP contribution in [-0.4, -0.2) is 34.4 Å². The molecule has 0 radical (unpaired) electrons. The van der Waals surface area contributed by atoms with E-state index in [4.69, 9.17) is 5.11 Å². The third kappa shape index (κ3) is 3.10. The summed E-state index contributed by atoms with van der Waals surface area (Å²) in [6, 6.07) is 9.97. The van der Waals surface area contributed by atoms with Crippen molar-refractivity contribution in [3.05, 3.63) is 34.8 Å². The van der Waals surface area contributed by atoms with E-state index in [9.17, 15) is 4.79 Å². The van der Waals surface area contributed by atoms with Crippen molar-refractivity contribution in [3.63, 3.8) is 0 Å². The molecule has 21 heavy (non-hydrogen) atoms. The first-order valence-electron chi connectivity index (χ1n) is 6.92. The molecule has 6 heteroatoms. The van der Waals surface area contributed by atoms with E-state index in [1.807, 2.05) is 35.2 Å². The molecule has 0 saturated carbocycles. The molecule has 1 unspecified atom stereocenters. The molecule has 1 aliphatic rings. The van der Waals surface area contributed by atoms with Crippen molar-refractivity contribution in [1.82, 2.24) is 10.2 Å². The van der Waals surface area contributed by atoms with Gasteiger partial charge in [0.25, 0.3) is 0 Å². The number of carboxylic acids is 1. The Morgan fingerprint density at radius 2 is 2.14 bits per heavy atom. The van der Waals surface area contributed by atoms with Gasteiger partial charge in [-0.2, -0.15) is 5.10 Å². The summed E-state index contributed by atoms with van der Waals surface area (Å²) in [6.07, 6.45) is 1.63. The van der Waals surface area contributed by atoms with E-state index >= 15 is 0 Å². The quantitative estimate of drug-likeness (QED) is 0.892. The van der Waals surface area contributed by atoms with Crippen molar-refractivity contribution < 1.29 is 9.90 Å². The highest BCUT2D eigenvalue weighted by molar-refractivity contribution is 9.10. The smallest absolute Gasteiger partial charge is 0.308 e. The molecule has 1 aliphatic heterocycles. The van der Waals surface area contributed by atoms with Crippen LogP contribution in [0, 0.1) is 5.92 Å². The number of nitrogens with zero attached hydrogens (tertiary/aromatic N) is 2. The molecule has 2 heterocycles. The lowest BCUT2D eigenvalue weighted by Gasteiger charge is -2.30. The lowest BCUT2D eigenvalue weighted by Crippen LogP contribution is -2.38. The number of nitrogens with one attached hydrogen (secondary N) is 1. The maximum atomic E-state index is 11.1. The molecule has 5 nitrogen and oxygen atoms in total. The fourth-order valence-corrected chi connectivity index (χ4v) is 2.90. The molecule has 2 aromatic rings. The van der Waals surface area contributed by atoms with Crippen molar-refractivity contribution >= 4 is 27.7 Å². The number of carbonyl (C=O) groups is 1. The number of aromatic nitrogens is 2. The Hall–Kier alpha value is -1.82. The van der Waals surface area contributed by atoms with Gasteiger partial charge in [-0.05, 0) is 30.5 Å². The van der Waals surface area contributed by atoms with Crippen molar-refractivity contribution in [2.75, 3.05) is 18.0 Å². The summed E-state index contributed by atoms with van der Waals surface area (Å²) in [5, 5.41) is 16.5. The molecule has 110 valence electrons. The van der Waals surface area contributed by atoms with Gasteiger partial charge in [-0.25, -0.2) is 0 Å². The monoisotopic (exact) mass is 349 g/mol. The number of H-pyrrole nitrogens is 1. The second-order valence-electron chi connectivity index (χ2n) is 5.27. The zero-order chi connectivity index (χ0) is 14.8. The van der Waals surface area contributed by atoms with Crippen LogP contribution >= 0.6 is 15.9 Å². The zero-order valence-corrected chi connectivity index (χ0v) is 13.0. The van der Waals surface area contributed by atoms with Gasteiger partial charge in [-0.3, -0.25) is 9.89 Å². The Morgan fingerprint density at radius 1 is 1.38 bits per heavy atom. The summed E-state index contributed by atoms with van der Waals surface area (Å²) >= 11 is 3.42. The van der Waals surface area contributed by atoms with Gasteiger partial charge in [-0.15, -0.1) is 0 Å². The van der Waals surface area contributed by atoms with E-state index in [0.717, 1.165) is 40.9 Å². The number of aliphatic carboxylic acids is 1. The van der Waals surface area contributed by atoms with Crippen molar-refractivity contribution in [2.24, 2.45) is 5.92 Å². The number of carboxylic acid groups (broad SMARTS) is 1. The van der Waals surface area contributed by atoms with E-state index in [2.05, 4.69) is 26.1 Å². The van der Waals surface area contributed by atoms with Crippen LogP contribution in [0.5, 0.6) is 0 Å². The number of aromatic amines is 1. The minimum atomic E-state index is -0.719. The third-order valence-corrected chi connectivity index (χ3v) is 4.34. The topological polar surface area (TPSA) is 69.2 Å². The summed E-state index contributed by atoms with van der Waals surface area (Å²) in [5.74, 6) is -0.200. The summed E-state index contributed by atoms with van der Waals surface area (Å²) in [7, 11) is 0. The Labute approximate surface area is 131 Å². The molecule has 0 bridgehead atoms. The SMILES string of the molecule is O=C(O)C1CCCN(c2cc(-c3ccc(Br)cc3)[nH]n2)C1. The van der Waals surface area contributed by atoms with Gasteiger partial charge in [0.15, 0.2) is 5.82 Å². The lowest BCUT2D eigenvalue weighted by molar-refractivity contribution is -0.141. The third-order valence-electron chi connectivity index (χ3n) is 3.81. The van der Waals surface area contributed by atoms with Gasteiger partial charge < -0.3 is 10.0 Å². The summed E-state index contributed by atoms with van der Waals surface area (Å²) in [5.41, 5.74) is 2.00. The van der Waals surface area contributed by atoms with E-state index in [1.54, 1.807) is 0 Å². The van der Waals surface area contributed by atoms with Crippen LogP contribution in [-0.2, 0) is 4.79 Å². The molecular weight excluding hydrogens is 334 g/mol. The van der Waals surface area contributed by atoms with Gasteiger partial charge in [0.05, 0.1) is 11.6 Å². The Morgan fingerprint density at radius 3 is 2.86 bits per heavy atom. The molecule has 1 aromatic carbocycles. The van der Waals surface area contributed by atoms with Crippen molar-refractivity contribution in [1.29, 1.82) is 0 Å². The zero-order valence-electron chi connectivity index (χ0n) is 11.4. The van der Waals surface area contributed by atoms with Crippen LogP contribution in [0.15, 0.2) is 34.8 Å². The Bertz CT molecular complexity index is 639. The summed E-state index contributed by atoms with van der Waals surface area (Å²) in [4.78, 5) is 13.2. The van der Waals surface area contributed by atoms with Gasteiger partial charge in [0.2, 0.25) is 0 Å². The standard InChI is InChI=1S/C15H16BrN3O2/c16-12-5-3-10(4-6-12)13-8-14(18-17-13)19-7-1-2-11(9-19)15(20)21/h3-6,8,11H,1-2,7,9H2,(H,17,18)(H,20,21). The largest absolute Gasteiger partial charge is 0.481 e. The van der Waals surface area contributed by atoms with Crippen LogP contribution < -0.4 is 4.90 Å². The van der Waals surface area contributed by atoms with Crippen LogP contribution in [0.4, 0.5) is 5.82 Å². The van der Waals surface area contributed by atoms with Crippen molar-refractivity contribution in [3.8, 4) is 11.3 Å². The number of halogens is 1. The first kappa shape index (κ1) is 14.1. The van der Waals surface area contributed by atoms with Crippen LogP contribution in [0.3, 0.4) is 0 Å². The molecule has 1 aromatic heterocycles. The molecule has 3 rings (SSSR count). The molecule has 2 N–H and O–H groups in total. The highest BCUT2D eigenvalue weighted by atomic mass is 79.9. The Balaban J connectivity index is 1.78. The summed E-state index contributed by atoms with van der Waals surface area (Å²) in [6.45, 7) is 1.38. The molecule has 1 atom stereocenters. The molecule has 0 amide bonds. The fourth-order valence-electron chi connectivity index (χ4n) is 2.64. The van der Waals surface area contributed by atoms with Gasteiger partial charge in [0.1, 0.15) is 0 Å². The molecule has 0 spiro atoms. The lowest BCUT2D eigenvalue weighted by atomic mass is 9.98. The first-order valence-corrected chi connectivity index (χ1v) is 7.72. The van der Waals surface area contributed by atoms with Crippen LogP contribution in [0.25, 0.3) is 11.3 Å². The maximum Gasteiger partial charge on any atom is 0.308 e. The van der Waals surface area contributed by atoms with Gasteiger partial charge in [-0.1, -0.05) is 28.1 Å². The second kappa shape index (κ2) is 5.89. The van der Waals surface area contributed by atoms with E-state index in [1.165, 1.54) is 0 Å². The highest BCUT2D eigenvalue weighted by Gasteiger charge is 2.26. The molecule has 0 aliphatic carbocycles. The van der Waals surface area contributed by atoms with E-state index < -0.39 is 5.97 Å². The molecule has 1 saturated heterocycles. The fraction of sp³-hybridized carbons (Fsp3) is 0.333. The van der Waals surface area contributed by atoms with E-state index in [0.29, 0.717) is 6.54 Å². The highest BCUT2D eigenvalue weighted by Crippen LogP contribution is 2.26. The number of benzene rings is 1. The van der Waals surface area contributed by atoms with E-state index in [-0.39, 0.29) is 5.92 Å². The average molecular weight is 350 g/mol. The maximum absolute atomic E-state index is 11.1. The van der Waals surface area contributed by atoms with Gasteiger partial charge in [0, 0.05) is 23.6 Å². The average Bonchev–Trinajstić information content (AvgIpc) is 2.98. The molecule has 1 fully saturated rings. The number of hydrogen-bond donors (Lipinski definition) is 2. The van der Waals surface area contributed by atoms with Crippen molar-refractivity contribution in [2.45, 2.75) is 12.8 Å². The Kier molecular flexibility index (Phi) is 3.96. The number of piperidine rings is 1. The number of hydrogen-bond acceptors (Lipinski definition) is 3. The predicted molar refractivity (Wildman–Crippen MR) is 84.3 cm³/mol. The minimum Gasteiger partial charge on any atom is -0.481 e. The first-order chi connectivity index (χ1) is 10.1. The van der Waals surface area contributed by atoms with Gasteiger partial charge >= 0.3 is 5.97 Å². The normalized spacial score (nSPS) is 18.7. The van der Waals surface area contributed by atoms with Crippen LogP contribution in [0.2, 0.25) is 0 Å². The minimum absolute atomic E-state index is 0.299. The second-order valence-corrected chi connectivity index (χ2v) is 6.19. The number of rotatable bonds is 3. The predicted octanol–water partition coefficient (Wildman–Crippen LogP) is 3.14. The summed E-state index contributed by atoms with van der Waals surface area (Å²) < 4.78 is 1.03. The molecular formula is C15H16BrN3O2. The number of anilines is 1.